The quantitative estimate of drug-likeness (QED) is 0.831. The lowest BCUT2D eigenvalue weighted by molar-refractivity contribution is 0.145. The first-order valence-corrected chi connectivity index (χ1v) is 5.80. The average molecular weight is 257 g/mol. The summed E-state index contributed by atoms with van der Waals surface area (Å²) in [5.74, 6) is -0.164. The maximum atomic E-state index is 12.2. The number of alkyl halides is 3. The van der Waals surface area contributed by atoms with Crippen molar-refractivity contribution in [3.63, 3.8) is 0 Å². The Bertz CT molecular complexity index is 464. The van der Waals surface area contributed by atoms with Crippen molar-refractivity contribution in [2.45, 2.75) is 17.2 Å². The van der Waals surface area contributed by atoms with Crippen LogP contribution in [0, 0.1) is 0 Å². The molecule has 2 N–H and O–H groups in total. The molecule has 0 fully saturated rings. The molecule has 0 spiro atoms. The van der Waals surface area contributed by atoms with Crippen LogP contribution in [0.2, 0.25) is 0 Å². The Kier molecular flexibility index (Phi) is 3.58. The van der Waals surface area contributed by atoms with Gasteiger partial charge in [-0.15, -0.1) is 11.6 Å². The van der Waals surface area contributed by atoms with E-state index in [0.717, 1.165) is 12.3 Å². The molecular formula is C7H7ClF2N2O2S. The molecule has 1 aromatic heterocycles. The Labute approximate surface area is 90.1 Å². The van der Waals surface area contributed by atoms with Crippen LogP contribution >= 0.6 is 11.6 Å². The average Bonchev–Trinajstić information content (AvgIpc) is 2.15. The lowest BCUT2D eigenvalue weighted by Gasteiger charge is -2.06. The third-order valence-electron chi connectivity index (χ3n) is 1.64. The number of hydrogen-bond donors (Lipinski definition) is 1. The van der Waals surface area contributed by atoms with E-state index in [1.165, 1.54) is 0 Å². The monoisotopic (exact) mass is 256 g/mol. The summed E-state index contributed by atoms with van der Waals surface area (Å²) in [6.07, 6.45) is -1.87. The van der Waals surface area contributed by atoms with Crippen molar-refractivity contribution in [2.75, 3.05) is 0 Å². The molecule has 15 heavy (non-hydrogen) atoms. The topological polar surface area (TPSA) is 73.1 Å². The zero-order valence-corrected chi connectivity index (χ0v) is 8.89. The standard InChI is InChI=1S/C7H7ClF2N2O2S/c8-2-4-3-12-5(7(9)10)1-6(4)15(11,13)14/h1,3,7H,2H2,(H2,11,13,14). The van der Waals surface area contributed by atoms with Crippen LogP contribution in [0.15, 0.2) is 17.2 Å². The fourth-order valence-corrected chi connectivity index (χ4v) is 2.03. The van der Waals surface area contributed by atoms with Gasteiger partial charge in [0.1, 0.15) is 5.69 Å². The van der Waals surface area contributed by atoms with Gasteiger partial charge in [0.25, 0.3) is 6.43 Å². The highest BCUT2D eigenvalue weighted by Crippen LogP contribution is 2.22. The Morgan fingerprint density at radius 3 is 2.53 bits per heavy atom. The molecule has 0 atom stereocenters. The molecular weight excluding hydrogens is 250 g/mol. The summed E-state index contributed by atoms with van der Waals surface area (Å²) in [6, 6.07) is 0.734. The van der Waals surface area contributed by atoms with Crippen molar-refractivity contribution in [1.29, 1.82) is 0 Å². The van der Waals surface area contributed by atoms with Gasteiger partial charge < -0.3 is 0 Å². The third-order valence-corrected chi connectivity index (χ3v) is 2.92. The van der Waals surface area contributed by atoms with Gasteiger partial charge in [-0.2, -0.15) is 0 Å². The second-order valence-corrected chi connectivity index (χ2v) is 4.49. The molecule has 0 saturated carbocycles. The van der Waals surface area contributed by atoms with Crippen molar-refractivity contribution in [3.8, 4) is 0 Å². The normalized spacial score (nSPS) is 12.1. The second kappa shape index (κ2) is 4.38. The lowest BCUT2D eigenvalue weighted by atomic mass is 10.3. The van der Waals surface area contributed by atoms with Gasteiger partial charge in [-0.05, 0) is 6.07 Å². The Hall–Kier alpha value is -0.790. The minimum Gasteiger partial charge on any atom is -0.255 e. The highest BCUT2D eigenvalue weighted by atomic mass is 35.5. The van der Waals surface area contributed by atoms with E-state index in [1.54, 1.807) is 0 Å². The lowest BCUT2D eigenvalue weighted by Crippen LogP contribution is -2.15. The van der Waals surface area contributed by atoms with E-state index in [0.29, 0.717) is 0 Å². The largest absolute Gasteiger partial charge is 0.280 e. The van der Waals surface area contributed by atoms with E-state index in [1.807, 2.05) is 0 Å². The molecule has 0 aliphatic heterocycles. The molecule has 1 aromatic rings. The predicted octanol–water partition coefficient (Wildman–Crippen LogP) is 1.41. The number of aromatic nitrogens is 1. The number of primary sulfonamides is 1. The molecule has 0 aliphatic carbocycles. The smallest absolute Gasteiger partial charge is 0.255 e. The van der Waals surface area contributed by atoms with E-state index in [2.05, 4.69) is 4.98 Å². The van der Waals surface area contributed by atoms with Gasteiger partial charge in [0, 0.05) is 11.8 Å². The van der Waals surface area contributed by atoms with Gasteiger partial charge in [0.05, 0.1) is 10.8 Å². The van der Waals surface area contributed by atoms with E-state index >= 15 is 0 Å². The summed E-state index contributed by atoms with van der Waals surface area (Å²) in [7, 11) is -4.06. The van der Waals surface area contributed by atoms with Crippen LogP contribution in [0.3, 0.4) is 0 Å². The second-order valence-electron chi connectivity index (χ2n) is 2.70. The highest BCUT2D eigenvalue weighted by molar-refractivity contribution is 7.89. The van der Waals surface area contributed by atoms with Crippen LogP contribution in [0.25, 0.3) is 0 Å². The molecule has 0 aliphatic rings. The molecule has 1 rings (SSSR count). The van der Waals surface area contributed by atoms with Crippen LogP contribution in [0.1, 0.15) is 17.7 Å². The maximum absolute atomic E-state index is 12.2. The predicted molar refractivity (Wildman–Crippen MR) is 50.1 cm³/mol. The number of pyridine rings is 1. The Balaban J connectivity index is 3.39. The van der Waals surface area contributed by atoms with Crippen LogP contribution < -0.4 is 5.14 Å². The first-order valence-electron chi connectivity index (χ1n) is 3.72. The summed E-state index contributed by atoms with van der Waals surface area (Å²) in [4.78, 5) is 2.95. The fourth-order valence-electron chi connectivity index (χ4n) is 0.965. The minimum absolute atomic E-state index is 0.101. The van der Waals surface area contributed by atoms with Crippen molar-refractivity contribution >= 4 is 21.6 Å². The van der Waals surface area contributed by atoms with E-state index in [9.17, 15) is 17.2 Å². The molecule has 0 saturated heterocycles. The molecule has 84 valence electrons. The molecule has 0 unspecified atom stereocenters. The maximum Gasteiger partial charge on any atom is 0.280 e. The summed E-state index contributed by atoms with van der Waals surface area (Å²) in [5, 5.41) is 4.84. The molecule has 1 heterocycles. The van der Waals surface area contributed by atoms with Gasteiger partial charge in [0.15, 0.2) is 0 Å². The summed E-state index contributed by atoms with van der Waals surface area (Å²) in [6.45, 7) is 0. The van der Waals surface area contributed by atoms with E-state index in [4.69, 9.17) is 16.7 Å². The zero-order valence-electron chi connectivity index (χ0n) is 7.32. The molecule has 0 radical (unpaired) electrons. The fraction of sp³-hybridized carbons (Fsp3) is 0.286. The van der Waals surface area contributed by atoms with Crippen molar-refractivity contribution in [3.05, 3.63) is 23.5 Å². The van der Waals surface area contributed by atoms with Crippen molar-refractivity contribution in [1.82, 2.24) is 4.98 Å². The van der Waals surface area contributed by atoms with Gasteiger partial charge in [-0.3, -0.25) is 4.98 Å². The molecule has 0 amide bonds. The number of hydrogen-bond acceptors (Lipinski definition) is 3. The van der Waals surface area contributed by atoms with Crippen molar-refractivity contribution < 1.29 is 17.2 Å². The SMILES string of the molecule is NS(=O)(=O)c1cc(C(F)F)ncc1CCl. The summed E-state index contributed by atoms with van der Waals surface area (Å²) >= 11 is 5.42. The molecule has 4 nitrogen and oxygen atoms in total. The number of rotatable bonds is 3. The van der Waals surface area contributed by atoms with Crippen LogP contribution in [0.4, 0.5) is 8.78 Å². The zero-order chi connectivity index (χ0) is 11.6. The van der Waals surface area contributed by atoms with Gasteiger partial charge >= 0.3 is 0 Å². The first-order chi connectivity index (χ1) is 6.86. The highest BCUT2D eigenvalue weighted by Gasteiger charge is 2.18. The van der Waals surface area contributed by atoms with Gasteiger partial charge in [0.2, 0.25) is 10.0 Å². The van der Waals surface area contributed by atoms with E-state index in [-0.39, 0.29) is 11.4 Å². The van der Waals surface area contributed by atoms with E-state index < -0.39 is 27.0 Å². The van der Waals surface area contributed by atoms with Crippen LogP contribution in [0.5, 0.6) is 0 Å². The number of nitrogens with zero attached hydrogens (tertiary/aromatic N) is 1. The minimum atomic E-state index is -4.06. The summed E-state index contributed by atoms with van der Waals surface area (Å²) in [5.41, 5.74) is -0.545. The Morgan fingerprint density at radius 1 is 1.53 bits per heavy atom. The first kappa shape index (κ1) is 12.3. The number of halogens is 3. The van der Waals surface area contributed by atoms with Crippen molar-refractivity contribution in [2.24, 2.45) is 5.14 Å². The van der Waals surface area contributed by atoms with Crippen LogP contribution in [-0.2, 0) is 15.9 Å². The van der Waals surface area contributed by atoms with Crippen LogP contribution in [-0.4, -0.2) is 13.4 Å². The molecule has 0 aromatic carbocycles. The number of sulfonamides is 1. The summed E-state index contributed by atoms with van der Waals surface area (Å²) < 4.78 is 46.5. The third kappa shape index (κ3) is 2.83. The molecule has 8 heteroatoms. The number of nitrogens with two attached hydrogens (primary N) is 1. The molecule has 0 bridgehead atoms. The van der Waals surface area contributed by atoms with Gasteiger partial charge in [-0.1, -0.05) is 0 Å². The Morgan fingerprint density at radius 2 is 2.13 bits per heavy atom. The van der Waals surface area contributed by atoms with Gasteiger partial charge in [-0.25, -0.2) is 22.3 Å².